The van der Waals surface area contributed by atoms with Gasteiger partial charge in [0.2, 0.25) is 0 Å². The summed E-state index contributed by atoms with van der Waals surface area (Å²) in [5.74, 6) is 1.14. The van der Waals surface area contributed by atoms with Gasteiger partial charge in [0.25, 0.3) is 0 Å². The lowest BCUT2D eigenvalue weighted by Crippen LogP contribution is -2.06. The van der Waals surface area contributed by atoms with Crippen molar-refractivity contribution < 1.29 is 4.74 Å². The summed E-state index contributed by atoms with van der Waals surface area (Å²) in [4.78, 5) is 0. The second-order valence-electron chi connectivity index (χ2n) is 4.01. The fourth-order valence-corrected chi connectivity index (χ4v) is 1.62. The second kappa shape index (κ2) is 6.40. The van der Waals surface area contributed by atoms with Gasteiger partial charge in [-0.15, -0.1) is 0 Å². The molecular weight excluding hydrogens is 236 g/mol. The van der Waals surface area contributed by atoms with E-state index in [1.165, 1.54) is 0 Å². The number of nitrogens with one attached hydrogen (secondary N) is 2. The Kier molecular flexibility index (Phi) is 4.34. The lowest BCUT2D eigenvalue weighted by atomic mass is 10.2. The molecule has 0 radical (unpaired) electrons. The van der Waals surface area contributed by atoms with E-state index in [4.69, 9.17) is 10.1 Å². The van der Waals surface area contributed by atoms with Crippen molar-refractivity contribution in [2.45, 2.75) is 0 Å². The van der Waals surface area contributed by atoms with Crippen LogP contribution in [-0.2, 0) is 0 Å². The molecule has 0 aliphatic carbocycles. The zero-order valence-electron chi connectivity index (χ0n) is 10.8. The molecule has 0 atom stereocenters. The second-order valence-corrected chi connectivity index (χ2v) is 4.01. The summed E-state index contributed by atoms with van der Waals surface area (Å²) in [6, 6.07) is 17.4. The van der Waals surface area contributed by atoms with Crippen LogP contribution in [0.15, 0.2) is 60.7 Å². The summed E-state index contributed by atoms with van der Waals surface area (Å²) in [7, 11) is 1.63. The van der Waals surface area contributed by atoms with E-state index in [0.29, 0.717) is 5.84 Å². The molecular formula is C16H16N2O. The molecule has 0 aliphatic heterocycles. The van der Waals surface area contributed by atoms with Crippen molar-refractivity contribution in [3.05, 3.63) is 66.2 Å². The molecule has 0 amide bonds. The Morgan fingerprint density at radius 3 is 2.37 bits per heavy atom. The summed E-state index contributed by atoms with van der Waals surface area (Å²) in [6.45, 7) is 0. The first-order valence-electron chi connectivity index (χ1n) is 6.01. The fourth-order valence-electron chi connectivity index (χ4n) is 1.62. The van der Waals surface area contributed by atoms with Crippen LogP contribution in [0.3, 0.4) is 0 Å². The van der Waals surface area contributed by atoms with Gasteiger partial charge in [-0.2, -0.15) is 0 Å². The fraction of sp³-hybridized carbons (Fsp3) is 0.0625. The number of anilines is 1. The average molecular weight is 252 g/mol. The van der Waals surface area contributed by atoms with E-state index in [-0.39, 0.29) is 0 Å². The average Bonchev–Trinajstić information content (AvgIpc) is 2.47. The summed E-state index contributed by atoms with van der Waals surface area (Å²) in [6.07, 6.45) is 3.64. The van der Waals surface area contributed by atoms with Crippen LogP contribution in [-0.4, -0.2) is 12.9 Å². The van der Waals surface area contributed by atoms with E-state index in [2.05, 4.69) is 5.32 Å². The number of rotatable bonds is 4. The van der Waals surface area contributed by atoms with E-state index in [1.807, 2.05) is 60.7 Å². The van der Waals surface area contributed by atoms with Gasteiger partial charge >= 0.3 is 0 Å². The van der Waals surface area contributed by atoms with Crippen molar-refractivity contribution in [3.8, 4) is 5.75 Å². The first-order valence-corrected chi connectivity index (χ1v) is 6.01. The van der Waals surface area contributed by atoms with Crippen LogP contribution in [0.25, 0.3) is 6.08 Å². The SMILES string of the molecule is COc1ccc(NC(=N)/C=C/c2ccccc2)cc1. The molecule has 2 rings (SSSR count). The molecule has 2 aromatic rings. The van der Waals surface area contributed by atoms with Crippen molar-refractivity contribution in [1.82, 2.24) is 0 Å². The van der Waals surface area contributed by atoms with E-state index in [1.54, 1.807) is 13.2 Å². The molecule has 3 nitrogen and oxygen atoms in total. The summed E-state index contributed by atoms with van der Waals surface area (Å²) < 4.78 is 5.08. The molecule has 0 fully saturated rings. The molecule has 0 heterocycles. The van der Waals surface area contributed by atoms with Gasteiger partial charge in [-0.3, -0.25) is 5.41 Å². The van der Waals surface area contributed by atoms with Crippen molar-refractivity contribution in [3.63, 3.8) is 0 Å². The van der Waals surface area contributed by atoms with Crippen LogP contribution in [0.2, 0.25) is 0 Å². The van der Waals surface area contributed by atoms with Crippen molar-refractivity contribution in [1.29, 1.82) is 5.41 Å². The smallest absolute Gasteiger partial charge is 0.122 e. The van der Waals surface area contributed by atoms with Gasteiger partial charge in [-0.1, -0.05) is 36.4 Å². The molecule has 2 aromatic carbocycles. The molecule has 0 bridgehead atoms. The maximum Gasteiger partial charge on any atom is 0.122 e. The van der Waals surface area contributed by atoms with Crippen LogP contribution in [0.4, 0.5) is 5.69 Å². The van der Waals surface area contributed by atoms with Gasteiger partial charge in [0, 0.05) is 5.69 Å². The maximum atomic E-state index is 7.84. The Hall–Kier alpha value is -2.55. The van der Waals surface area contributed by atoms with Gasteiger partial charge in [-0.25, -0.2) is 0 Å². The van der Waals surface area contributed by atoms with Crippen LogP contribution >= 0.6 is 0 Å². The van der Waals surface area contributed by atoms with Crippen LogP contribution in [0.1, 0.15) is 5.56 Å². The van der Waals surface area contributed by atoms with E-state index < -0.39 is 0 Å². The van der Waals surface area contributed by atoms with E-state index in [9.17, 15) is 0 Å². The van der Waals surface area contributed by atoms with Crippen molar-refractivity contribution in [2.75, 3.05) is 12.4 Å². The van der Waals surface area contributed by atoms with E-state index >= 15 is 0 Å². The molecule has 0 unspecified atom stereocenters. The lowest BCUT2D eigenvalue weighted by molar-refractivity contribution is 0.415. The zero-order valence-corrected chi connectivity index (χ0v) is 10.8. The Bertz CT molecular complexity index is 559. The molecule has 96 valence electrons. The third kappa shape index (κ3) is 4.00. The lowest BCUT2D eigenvalue weighted by Gasteiger charge is -2.05. The predicted octanol–water partition coefficient (Wildman–Crippen LogP) is 3.80. The first-order chi connectivity index (χ1) is 9.28. The third-order valence-corrected chi connectivity index (χ3v) is 2.61. The Morgan fingerprint density at radius 2 is 1.74 bits per heavy atom. The van der Waals surface area contributed by atoms with Crippen LogP contribution in [0.5, 0.6) is 5.75 Å². The summed E-state index contributed by atoms with van der Waals surface area (Å²) in [5, 5.41) is 10.8. The topological polar surface area (TPSA) is 45.1 Å². The molecule has 3 heteroatoms. The highest BCUT2D eigenvalue weighted by Crippen LogP contribution is 2.15. The standard InChI is InChI=1S/C16H16N2O/c1-19-15-10-8-14(9-11-15)18-16(17)12-7-13-5-3-2-4-6-13/h2-12H,1H3,(H2,17,18)/b12-7+. The predicted molar refractivity (Wildman–Crippen MR) is 79.8 cm³/mol. The highest BCUT2D eigenvalue weighted by atomic mass is 16.5. The highest BCUT2D eigenvalue weighted by molar-refractivity contribution is 6.03. The highest BCUT2D eigenvalue weighted by Gasteiger charge is 1.95. The Morgan fingerprint density at radius 1 is 1.05 bits per heavy atom. The third-order valence-electron chi connectivity index (χ3n) is 2.61. The van der Waals surface area contributed by atoms with Gasteiger partial charge in [0.05, 0.1) is 7.11 Å². The zero-order chi connectivity index (χ0) is 13.5. The Balaban J connectivity index is 1.95. The number of amidine groups is 1. The van der Waals surface area contributed by atoms with Crippen molar-refractivity contribution >= 4 is 17.6 Å². The minimum Gasteiger partial charge on any atom is -0.497 e. The molecule has 0 spiro atoms. The van der Waals surface area contributed by atoms with Gasteiger partial charge in [0.1, 0.15) is 11.6 Å². The van der Waals surface area contributed by atoms with Gasteiger partial charge in [0.15, 0.2) is 0 Å². The molecule has 19 heavy (non-hydrogen) atoms. The molecule has 0 aromatic heterocycles. The van der Waals surface area contributed by atoms with E-state index in [0.717, 1.165) is 17.0 Å². The minimum atomic E-state index is 0.342. The monoisotopic (exact) mass is 252 g/mol. The Labute approximate surface area is 113 Å². The molecule has 2 N–H and O–H groups in total. The number of hydrogen-bond acceptors (Lipinski definition) is 2. The largest absolute Gasteiger partial charge is 0.497 e. The minimum absolute atomic E-state index is 0.342. The van der Waals surface area contributed by atoms with Gasteiger partial charge < -0.3 is 10.1 Å². The van der Waals surface area contributed by atoms with Gasteiger partial charge in [-0.05, 0) is 35.9 Å². The number of methoxy groups -OCH3 is 1. The molecule has 0 saturated carbocycles. The number of benzene rings is 2. The number of hydrogen-bond donors (Lipinski definition) is 2. The first kappa shape index (κ1) is 12.9. The van der Waals surface area contributed by atoms with Crippen LogP contribution < -0.4 is 10.1 Å². The summed E-state index contributed by atoms with van der Waals surface area (Å²) in [5.41, 5.74) is 1.94. The number of ether oxygens (including phenoxy) is 1. The quantitative estimate of drug-likeness (QED) is 0.642. The normalized spacial score (nSPS) is 10.4. The van der Waals surface area contributed by atoms with Crippen molar-refractivity contribution in [2.24, 2.45) is 0 Å². The van der Waals surface area contributed by atoms with Crippen LogP contribution in [0, 0.1) is 5.41 Å². The maximum absolute atomic E-state index is 7.84. The molecule has 0 saturated heterocycles. The molecule has 0 aliphatic rings. The summed E-state index contributed by atoms with van der Waals surface area (Å²) >= 11 is 0.